The van der Waals surface area contributed by atoms with E-state index in [0.717, 1.165) is 11.0 Å². The number of fused-ring (bicyclic) bond motifs is 1. The van der Waals surface area contributed by atoms with Crippen molar-refractivity contribution in [2.45, 2.75) is 0 Å². The molecule has 2 aromatic rings. The van der Waals surface area contributed by atoms with Crippen LogP contribution in [0.25, 0.3) is 10.2 Å². The summed E-state index contributed by atoms with van der Waals surface area (Å²) in [7, 11) is -3.25. The number of nitrogens with two attached hydrogens (primary N) is 1. The number of aromatic nitrogens is 1. The fourth-order valence-electron chi connectivity index (χ4n) is 1.61. The highest BCUT2D eigenvalue weighted by Crippen LogP contribution is 2.31. The number of anilines is 1. The zero-order valence-corrected chi connectivity index (χ0v) is 12.3. The van der Waals surface area contributed by atoms with E-state index >= 15 is 0 Å². The molecular formula is C11H14N4O3S2. The van der Waals surface area contributed by atoms with Crippen LogP contribution >= 0.6 is 11.3 Å². The number of carbonyl (C=O) groups excluding carboxylic acids is 1. The van der Waals surface area contributed by atoms with E-state index < -0.39 is 10.0 Å². The zero-order chi connectivity index (χ0) is 14.8. The van der Waals surface area contributed by atoms with Gasteiger partial charge < -0.3 is 11.1 Å². The number of hydrogen-bond acceptors (Lipinski definition) is 6. The summed E-state index contributed by atoms with van der Waals surface area (Å²) in [5.74, 6) is -0.333. The van der Waals surface area contributed by atoms with Crippen LogP contribution in [0.5, 0.6) is 0 Å². The van der Waals surface area contributed by atoms with Gasteiger partial charge in [0, 0.05) is 19.3 Å². The highest BCUT2D eigenvalue weighted by molar-refractivity contribution is 7.88. The van der Waals surface area contributed by atoms with E-state index in [1.807, 2.05) is 6.07 Å². The standard InChI is InChI=1S/C11H14N4O3S2/c1-20(17,18)15-6-5-14-11(16)10-8(12)9-7(19-10)3-2-4-13-9/h2-4,15H,5-6,12H2,1H3,(H,14,16). The summed E-state index contributed by atoms with van der Waals surface area (Å²) < 4.78 is 24.9. The number of nitrogens with zero attached hydrogens (tertiary/aromatic N) is 1. The van der Waals surface area contributed by atoms with Gasteiger partial charge in [-0.25, -0.2) is 13.1 Å². The first-order valence-corrected chi connectivity index (χ1v) is 8.45. The number of thiophene rings is 1. The first-order chi connectivity index (χ1) is 9.38. The minimum atomic E-state index is -3.25. The SMILES string of the molecule is CS(=O)(=O)NCCNC(=O)c1sc2cccnc2c1N. The quantitative estimate of drug-likeness (QED) is 0.680. The molecule has 4 N–H and O–H groups in total. The van der Waals surface area contributed by atoms with Gasteiger partial charge in [0.25, 0.3) is 5.91 Å². The molecule has 2 aromatic heterocycles. The lowest BCUT2D eigenvalue weighted by atomic mass is 10.3. The molecule has 0 atom stereocenters. The smallest absolute Gasteiger partial charge is 0.263 e. The van der Waals surface area contributed by atoms with Gasteiger partial charge in [-0.15, -0.1) is 11.3 Å². The second-order valence-electron chi connectivity index (χ2n) is 4.12. The maximum absolute atomic E-state index is 12.0. The van der Waals surface area contributed by atoms with E-state index in [2.05, 4.69) is 15.0 Å². The molecule has 108 valence electrons. The topological polar surface area (TPSA) is 114 Å². The second-order valence-corrected chi connectivity index (χ2v) is 7.00. The Morgan fingerprint density at radius 3 is 2.85 bits per heavy atom. The van der Waals surface area contributed by atoms with E-state index in [4.69, 9.17) is 5.73 Å². The number of carbonyl (C=O) groups is 1. The molecule has 9 heteroatoms. The van der Waals surface area contributed by atoms with Crippen molar-refractivity contribution in [3.8, 4) is 0 Å². The van der Waals surface area contributed by atoms with Crippen molar-refractivity contribution in [3.05, 3.63) is 23.2 Å². The second kappa shape index (κ2) is 5.73. The molecule has 0 spiro atoms. The molecule has 2 rings (SSSR count). The van der Waals surface area contributed by atoms with Gasteiger partial charge in [0.15, 0.2) is 0 Å². The maximum atomic E-state index is 12.0. The molecule has 0 fully saturated rings. The maximum Gasteiger partial charge on any atom is 0.263 e. The van der Waals surface area contributed by atoms with E-state index in [1.54, 1.807) is 12.3 Å². The molecule has 0 aliphatic rings. The van der Waals surface area contributed by atoms with Gasteiger partial charge in [0.1, 0.15) is 10.4 Å². The summed E-state index contributed by atoms with van der Waals surface area (Å²) in [6, 6.07) is 3.61. The van der Waals surface area contributed by atoms with Gasteiger partial charge in [-0.1, -0.05) is 0 Å². The summed E-state index contributed by atoms with van der Waals surface area (Å²) in [4.78, 5) is 16.5. The number of rotatable bonds is 5. The summed E-state index contributed by atoms with van der Waals surface area (Å²) in [5, 5.41) is 2.61. The molecular weight excluding hydrogens is 300 g/mol. The average molecular weight is 314 g/mol. The summed E-state index contributed by atoms with van der Waals surface area (Å²) in [5.41, 5.74) is 6.84. The molecule has 0 aliphatic heterocycles. The zero-order valence-electron chi connectivity index (χ0n) is 10.7. The van der Waals surface area contributed by atoms with Crippen LogP contribution in [-0.4, -0.2) is 38.7 Å². The predicted molar refractivity (Wildman–Crippen MR) is 79.2 cm³/mol. The molecule has 2 heterocycles. The highest BCUT2D eigenvalue weighted by atomic mass is 32.2. The van der Waals surface area contributed by atoms with Gasteiger partial charge in [-0.3, -0.25) is 9.78 Å². The Morgan fingerprint density at radius 2 is 2.20 bits per heavy atom. The van der Waals surface area contributed by atoms with Gasteiger partial charge >= 0.3 is 0 Å². The average Bonchev–Trinajstić information content (AvgIpc) is 2.72. The van der Waals surface area contributed by atoms with E-state index in [1.165, 1.54) is 11.3 Å². The molecule has 0 unspecified atom stereocenters. The fraction of sp³-hybridized carbons (Fsp3) is 0.273. The van der Waals surface area contributed by atoms with E-state index in [9.17, 15) is 13.2 Å². The van der Waals surface area contributed by atoms with E-state index in [-0.39, 0.29) is 19.0 Å². The normalized spacial score (nSPS) is 11.7. The Kier molecular flexibility index (Phi) is 4.21. The minimum absolute atomic E-state index is 0.133. The van der Waals surface area contributed by atoms with Gasteiger partial charge in [0.05, 0.1) is 16.6 Å². The minimum Gasteiger partial charge on any atom is -0.396 e. The van der Waals surface area contributed by atoms with Crippen LogP contribution in [0.3, 0.4) is 0 Å². The van der Waals surface area contributed by atoms with Crippen LogP contribution in [0.2, 0.25) is 0 Å². The largest absolute Gasteiger partial charge is 0.396 e. The molecule has 20 heavy (non-hydrogen) atoms. The number of nitrogens with one attached hydrogen (secondary N) is 2. The Bertz CT molecular complexity index is 739. The third-order valence-corrected chi connectivity index (χ3v) is 4.35. The molecule has 0 saturated heterocycles. The van der Waals surface area contributed by atoms with Crippen LogP contribution in [-0.2, 0) is 10.0 Å². The van der Waals surface area contributed by atoms with Crippen LogP contribution in [0.1, 0.15) is 9.67 Å². The lowest BCUT2D eigenvalue weighted by Crippen LogP contribution is -2.34. The van der Waals surface area contributed by atoms with Crippen LogP contribution in [0.4, 0.5) is 5.69 Å². The number of pyridine rings is 1. The van der Waals surface area contributed by atoms with Crippen LogP contribution in [0, 0.1) is 0 Å². The third kappa shape index (κ3) is 3.44. The van der Waals surface area contributed by atoms with Gasteiger partial charge in [-0.2, -0.15) is 0 Å². The Labute approximate surface area is 120 Å². The molecule has 0 bridgehead atoms. The van der Waals surface area contributed by atoms with Crippen molar-refractivity contribution in [2.24, 2.45) is 0 Å². The number of sulfonamides is 1. The van der Waals surface area contributed by atoms with E-state index in [0.29, 0.717) is 16.1 Å². The predicted octanol–water partition coefficient (Wildman–Crippen LogP) is 0.157. The number of hydrogen-bond donors (Lipinski definition) is 3. The van der Waals surface area contributed by atoms with Crippen molar-refractivity contribution in [1.82, 2.24) is 15.0 Å². The monoisotopic (exact) mass is 314 g/mol. The molecule has 0 radical (unpaired) electrons. The molecule has 0 aliphatic carbocycles. The Morgan fingerprint density at radius 1 is 1.45 bits per heavy atom. The van der Waals surface area contributed by atoms with Crippen LogP contribution in [0.15, 0.2) is 18.3 Å². The summed E-state index contributed by atoms with van der Waals surface area (Å²) >= 11 is 1.26. The van der Waals surface area contributed by atoms with Crippen molar-refractivity contribution in [3.63, 3.8) is 0 Å². The number of nitrogen functional groups attached to an aromatic ring is 1. The summed E-state index contributed by atoms with van der Waals surface area (Å²) in [6.07, 6.45) is 2.67. The van der Waals surface area contributed by atoms with Crippen molar-refractivity contribution >= 4 is 43.2 Å². The lowest BCUT2D eigenvalue weighted by molar-refractivity contribution is 0.0959. The molecule has 1 amide bonds. The first kappa shape index (κ1) is 14.7. The summed E-state index contributed by atoms with van der Waals surface area (Å²) in [6.45, 7) is 0.320. The molecule has 0 aromatic carbocycles. The van der Waals surface area contributed by atoms with Crippen molar-refractivity contribution < 1.29 is 13.2 Å². The molecule has 0 saturated carbocycles. The van der Waals surface area contributed by atoms with Gasteiger partial charge in [0.2, 0.25) is 10.0 Å². The van der Waals surface area contributed by atoms with Gasteiger partial charge in [-0.05, 0) is 12.1 Å². The van der Waals surface area contributed by atoms with Crippen molar-refractivity contribution in [2.75, 3.05) is 25.1 Å². The Hall–Kier alpha value is -1.71. The molecule has 7 nitrogen and oxygen atoms in total. The lowest BCUT2D eigenvalue weighted by Gasteiger charge is -2.04. The number of amides is 1. The van der Waals surface area contributed by atoms with Crippen LogP contribution < -0.4 is 15.8 Å². The fourth-order valence-corrected chi connectivity index (χ4v) is 3.08. The highest BCUT2D eigenvalue weighted by Gasteiger charge is 2.16. The first-order valence-electron chi connectivity index (χ1n) is 5.74. The van der Waals surface area contributed by atoms with Crippen molar-refractivity contribution in [1.29, 1.82) is 0 Å². The third-order valence-electron chi connectivity index (χ3n) is 2.46. The Balaban J connectivity index is 2.03.